The molecule has 4 nitrogen and oxygen atoms in total. The maximum Gasteiger partial charge on any atom is 0.126 e. The monoisotopic (exact) mass is 350 g/mol. The van der Waals surface area contributed by atoms with E-state index >= 15 is 0 Å². The van der Waals surface area contributed by atoms with Crippen LogP contribution < -0.4 is 0 Å². The smallest absolute Gasteiger partial charge is 0.126 e. The highest BCUT2D eigenvalue weighted by atomic mass is 16.3. The van der Waals surface area contributed by atoms with Gasteiger partial charge in [-0.3, -0.25) is 0 Å². The molecule has 3 N–H and O–H groups in total. The van der Waals surface area contributed by atoms with Crippen molar-refractivity contribution in [2.45, 2.75) is 76.9 Å². The minimum atomic E-state index is -0.514. The summed E-state index contributed by atoms with van der Waals surface area (Å²) in [6, 6.07) is 3.70. The molecule has 2 atom stereocenters. The molecule has 0 aliphatic heterocycles. The number of furan rings is 1. The van der Waals surface area contributed by atoms with E-state index in [0.29, 0.717) is 31.4 Å². The van der Waals surface area contributed by atoms with Gasteiger partial charge in [0, 0.05) is 13.0 Å². The van der Waals surface area contributed by atoms with Gasteiger partial charge in [0.25, 0.3) is 0 Å². The molecule has 1 aromatic rings. The fourth-order valence-corrected chi connectivity index (χ4v) is 2.57. The van der Waals surface area contributed by atoms with E-state index in [1.165, 1.54) is 19.3 Å². The molecule has 0 amide bonds. The summed E-state index contributed by atoms with van der Waals surface area (Å²) >= 11 is 0. The Bertz CT molecular complexity index is 490. The molecule has 0 spiro atoms. The molecule has 0 saturated carbocycles. The molecular formula is C21H34O4. The molecule has 0 fully saturated rings. The van der Waals surface area contributed by atoms with Gasteiger partial charge in [0.15, 0.2) is 0 Å². The zero-order valence-corrected chi connectivity index (χ0v) is 15.4. The van der Waals surface area contributed by atoms with Crippen LogP contribution in [0.15, 0.2) is 34.8 Å². The molecule has 25 heavy (non-hydrogen) atoms. The molecule has 0 aliphatic carbocycles. The van der Waals surface area contributed by atoms with Crippen molar-refractivity contribution < 1.29 is 19.7 Å². The summed E-state index contributed by atoms with van der Waals surface area (Å²) in [5, 5.41) is 28.6. The van der Waals surface area contributed by atoms with E-state index in [4.69, 9.17) is 9.52 Å². The van der Waals surface area contributed by atoms with Gasteiger partial charge in [-0.1, -0.05) is 38.0 Å². The third-order valence-corrected chi connectivity index (χ3v) is 4.07. The zero-order chi connectivity index (χ0) is 18.3. The quantitative estimate of drug-likeness (QED) is 0.346. The van der Waals surface area contributed by atoms with Crippen LogP contribution in [0.2, 0.25) is 0 Å². The largest absolute Gasteiger partial charge is 0.462 e. The summed E-state index contributed by atoms with van der Waals surface area (Å²) in [6.45, 7) is 2.36. The SMILES string of the molecule is CCCCCC=CCC(O)C=Cc1ccc(CC(O)CCCCO)o1. The average molecular weight is 350 g/mol. The molecule has 0 aromatic carbocycles. The summed E-state index contributed by atoms with van der Waals surface area (Å²) in [7, 11) is 0. The lowest BCUT2D eigenvalue weighted by molar-refractivity contribution is 0.150. The Labute approximate surface area is 151 Å². The van der Waals surface area contributed by atoms with Crippen molar-refractivity contribution in [1.82, 2.24) is 0 Å². The zero-order valence-electron chi connectivity index (χ0n) is 15.4. The second kappa shape index (κ2) is 13.9. The molecule has 1 aromatic heterocycles. The highest BCUT2D eigenvalue weighted by Crippen LogP contribution is 2.14. The number of allylic oxidation sites excluding steroid dienone is 1. The fourth-order valence-electron chi connectivity index (χ4n) is 2.57. The molecule has 0 radical (unpaired) electrons. The first kappa shape index (κ1) is 21.7. The first-order valence-corrected chi connectivity index (χ1v) is 9.54. The van der Waals surface area contributed by atoms with Crippen molar-refractivity contribution in [3.8, 4) is 0 Å². The van der Waals surface area contributed by atoms with Gasteiger partial charge >= 0.3 is 0 Å². The fraction of sp³-hybridized carbons (Fsp3) is 0.619. The third-order valence-electron chi connectivity index (χ3n) is 4.07. The van der Waals surface area contributed by atoms with Crippen LogP contribution in [0, 0.1) is 0 Å². The van der Waals surface area contributed by atoms with Gasteiger partial charge in [-0.2, -0.15) is 0 Å². The molecule has 2 unspecified atom stereocenters. The number of aliphatic hydroxyl groups excluding tert-OH is 3. The topological polar surface area (TPSA) is 73.8 Å². The molecule has 142 valence electrons. The van der Waals surface area contributed by atoms with E-state index in [0.717, 1.165) is 18.6 Å². The number of hydrogen-bond acceptors (Lipinski definition) is 4. The van der Waals surface area contributed by atoms with E-state index in [1.807, 2.05) is 18.2 Å². The van der Waals surface area contributed by atoms with E-state index in [-0.39, 0.29) is 6.61 Å². The first-order valence-electron chi connectivity index (χ1n) is 9.54. The molecule has 1 rings (SSSR count). The van der Waals surface area contributed by atoms with Crippen LogP contribution >= 0.6 is 0 Å². The average Bonchev–Trinajstić information content (AvgIpc) is 3.03. The maximum atomic E-state index is 9.95. The molecule has 0 saturated heterocycles. The summed E-state index contributed by atoms with van der Waals surface area (Å²) in [6.07, 6.45) is 14.7. The number of unbranched alkanes of at least 4 members (excludes halogenated alkanes) is 4. The van der Waals surface area contributed by atoms with Crippen LogP contribution in [0.3, 0.4) is 0 Å². The number of rotatable bonds is 14. The van der Waals surface area contributed by atoms with Crippen LogP contribution in [0.5, 0.6) is 0 Å². The second-order valence-electron chi connectivity index (χ2n) is 6.51. The van der Waals surface area contributed by atoms with E-state index in [2.05, 4.69) is 13.0 Å². The van der Waals surface area contributed by atoms with E-state index < -0.39 is 12.2 Å². The summed E-state index contributed by atoms with van der Waals surface area (Å²) in [5.74, 6) is 1.42. The predicted molar refractivity (Wildman–Crippen MR) is 102 cm³/mol. The molecule has 1 heterocycles. The summed E-state index contributed by atoms with van der Waals surface area (Å²) < 4.78 is 5.66. The third kappa shape index (κ3) is 11.0. The molecule has 0 bridgehead atoms. The Morgan fingerprint density at radius 3 is 2.68 bits per heavy atom. The van der Waals surface area contributed by atoms with Gasteiger partial charge in [0.05, 0.1) is 12.2 Å². The molecular weight excluding hydrogens is 316 g/mol. The molecule has 4 heteroatoms. The maximum absolute atomic E-state index is 9.95. The van der Waals surface area contributed by atoms with Crippen molar-refractivity contribution in [1.29, 1.82) is 0 Å². The van der Waals surface area contributed by atoms with Crippen LogP contribution in [0.1, 0.15) is 69.8 Å². The Kier molecular flexibility index (Phi) is 12.0. The van der Waals surface area contributed by atoms with Crippen molar-refractivity contribution in [2.24, 2.45) is 0 Å². The van der Waals surface area contributed by atoms with Gasteiger partial charge in [0.2, 0.25) is 0 Å². The van der Waals surface area contributed by atoms with Crippen molar-refractivity contribution >= 4 is 6.08 Å². The lowest BCUT2D eigenvalue weighted by atomic mass is 10.1. The van der Waals surface area contributed by atoms with Crippen molar-refractivity contribution in [3.63, 3.8) is 0 Å². The van der Waals surface area contributed by atoms with E-state index in [9.17, 15) is 10.2 Å². The van der Waals surface area contributed by atoms with Crippen LogP contribution in [0.25, 0.3) is 6.08 Å². The number of aliphatic hydroxyl groups is 3. The Hall–Kier alpha value is -1.36. The molecule has 0 aliphatic rings. The standard InChI is InChI=1S/C21H34O4/c1-2-3-4-5-6-7-10-18(23)12-13-20-14-15-21(25-20)17-19(24)11-8-9-16-22/h6-7,12-15,18-19,22-24H,2-5,8-11,16-17H2,1H3. The van der Waals surface area contributed by atoms with Crippen molar-refractivity contribution in [3.05, 3.63) is 41.9 Å². The Balaban J connectivity index is 2.29. The minimum Gasteiger partial charge on any atom is -0.462 e. The number of hydrogen-bond donors (Lipinski definition) is 3. The van der Waals surface area contributed by atoms with Gasteiger partial charge in [0.1, 0.15) is 11.5 Å². The summed E-state index contributed by atoms with van der Waals surface area (Å²) in [5.41, 5.74) is 0. The highest BCUT2D eigenvalue weighted by Gasteiger charge is 2.08. The van der Waals surface area contributed by atoms with Crippen molar-refractivity contribution in [2.75, 3.05) is 6.61 Å². The highest BCUT2D eigenvalue weighted by molar-refractivity contribution is 5.43. The second-order valence-corrected chi connectivity index (χ2v) is 6.51. The normalized spacial score (nSPS) is 14.6. The summed E-state index contributed by atoms with van der Waals surface area (Å²) in [4.78, 5) is 0. The lowest BCUT2D eigenvalue weighted by Gasteiger charge is -2.07. The van der Waals surface area contributed by atoms with Crippen LogP contribution in [0.4, 0.5) is 0 Å². The predicted octanol–water partition coefficient (Wildman–Crippen LogP) is 4.25. The van der Waals surface area contributed by atoms with E-state index in [1.54, 1.807) is 12.2 Å². The Morgan fingerprint density at radius 2 is 1.92 bits per heavy atom. The lowest BCUT2D eigenvalue weighted by Crippen LogP contribution is -2.09. The first-order chi connectivity index (χ1) is 12.2. The van der Waals surface area contributed by atoms with Gasteiger partial charge < -0.3 is 19.7 Å². The van der Waals surface area contributed by atoms with Crippen LogP contribution in [-0.2, 0) is 6.42 Å². The van der Waals surface area contributed by atoms with Gasteiger partial charge in [-0.15, -0.1) is 0 Å². The minimum absolute atomic E-state index is 0.165. The van der Waals surface area contributed by atoms with Gasteiger partial charge in [-0.05, 0) is 56.7 Å². The Morgan fingerprint density at radius 1 is 1.08 bits per heavy atom. The van der Waals surface area contributed by atoms with Gasteiger partial charge in [-0.25, -0.2) is 0 Å². The van der Waals surface area contributed by atoms with Crippen LogP contribution in [-0.4, -0.2) is 34.1 Å².